The van der Waals surface area contributed by atoms with Crippen LogP contribution in [0, 0.1) is 6.92 Å². The Kier molecular flexibility index (Phi) is 7.74. The second kappa shape index (κ2) is 10.7. The first-order valence-electron chi connectivity index (χ1n) is 10.3. The number of nitrogens with zero attached hydrogens (tertiary/aromatic N) is 1. The molecule has 1 aromatic heterocycles. The van der Waals surface area contributed by atoms with E-state index in [1.165, 1.54) is 0 Å². The third-order valence-electron chi connectivity index (χ3n) is 4.77. The lowest BCUT2D eigenvalue weighted by Gasteiger charge is -2.14. The van der Waals surface area contributed by atoms with Crippen molar-refractivity contribution in [2.45, 2.75) is 19.1 Å². The number of hydrogen-bond donors (Lipinski definition) is 5. The number of anilines is 1. The van der Waals surface area contributed by atoms with Crippen LogP contribution < -0.4 is 27.1 Å². The molecule has 3 rings (SSSR count). The molecule has 0 aliphatic heterocycles. The van der Waals surface area contributed by atoms with Gasteiger partial charge in [-0.05, 0) is 40.0 Å². The highest BCUT2D eigenvalue weighted by atomic mass is 32.2. The van der Waals surface area contributed by atoms with Crippen molar-refractivity contribution in [1.29, 1.82) is 0 Å². The molecule has 0 aliphatic rings. The van der Waals surface area contributed by atoms with Gasteiger partial charge in [-0.2, -0.15) is 0 Å². The van der Waals surface area contributed by atoms with E-state index in [-0.39, 0.29) is 42.5 Å². The number of rotatable bonds is 10. The summed E-state index contributed by atoms with van der Waals surface area (Å²) in [7, 11) is -3.97. The van der Waals surface area contributed by atoms with Gasteiger partial charge in [0.1, 0.15) is 12.3 Å². The minimum absolute atomic E-state index is 0.0303. The molecule has 1 amide bonds. The molecule has 11 nitrogen and oxygen atoms in total. The number of nitrogens with two attached hydrogens (primary N) is 2. The molecular formula is C22H26N6O5S. The second-order valence-electron chi connectivity index (χ2n) is 7.56. The minimum atomic E-state index is -3.97. The number of benzene rings is 2. The Bertz CT molecular complexity index is 1370. The van der Waals surface area contributed by atoms with Crippen molar-refractivity contribution >= 4 is 38.3 Å². The number of sulfonamides is 1. The zero-order chi connectivity index (χ0) is 24.7. The lowest BCUT2D eigenvalue weighted by Crippen LogP contribution is -2.30. The highest BCUT2D eigenvalue weighted by molar-refractivity contribution is 7.91. The zero-order valence-corrected chi connectivity index (χ0v) is 19.3. The molecule has 0 fully saturated rings. The quantitative estimate of drug-likeness (QED) is 0.121. The molecule has 1 heterocycles. The summed E-state index contributed by atoms with van der Waals surface area (Å²) < 4.78 is 28.3. The fraction of sp³-hybridized carbons (Fsp3) is 0.227. The van der Waals surface area contributed by atoms with Crippen LogP contribution in [0.5, 0.6) is 0 Å². The van der Waals surface area contributed by atoms with Gasteiger partial charge in [0.15, 0.2) is 0 Å². The van der Waals surface area contributed by atoms with Gasteiger partial charge in [-0.3, -0.25) is 14.3 Å². The maximum Gasteiger partial charge on any atom is 0.272 e. The number of nitrogens with one attached hydrogen (secondary N) is 3. The van der Waals surface area contributed by atoms with Gasteiger partial charge in [-0.15, -0.1) is 0 Å². The Morgan fingerprint density at radius 1 is 1.12 bits per heavy atom. The van der Waals surface area contributed by atoms with Crippen molar-refractivity contribution in [3.8, 4) is 0 Å². The number of hydrogen-bond acceptors (Lipinski definition) is 6. The third-order valence-corrected chi connectivity index (χ3v) is 5.98. The molecular weight excluding hydrogens is 460 g/mol. The normalized spacial score (nSPS) is 11.1. The predicted molar refractivity (Wildman–Crippen MR) is 130 cm³/mol. The van der Waals surface area contributed by atoms with Gasteiger partial charge in [0.25, 0.3) is 5.56 Å². The summed E-state index contributed by atoms with van der Waals surface area (Å²) in [5.74, 6) is -1.02. The summed E-state index contributed by atoms with van der Waals surface area (Å²) in [6, 6.07) is 14.4. The van der Waals surface area contributed by atoms with Crippen molar-refractivity contribution in [2.24, 2.45) is 16.6 Å². The van der Waals surface area contributed by atoms with Crippen LogP contribution in [0.25, 0.3) is 10.8 Å². The number of aryl methyl sites for hydroxylation is 1. The molecule has 0 bridgehead atoms. The van der Waals surface area contributed by atoms with Crippen LogP contribution in [-0.4, -0.2) is 38.4 Å². The number of aromatic nitrogens is 1. The lowest BCUT2D eigenvalue weighted by atomic mass is 10.1. The average Bonchev–Trinajstić information content (AvgIpc) is 2.76. The van der Waals surface area contributed by atoms with Crippen molar-refractivity contribution in [1.82, 2.24) is 10.3 Å². The summed E-state index contributed by atoms with van der Waals surface area (Å²) in [5, 5.41) is 7.63. The monoisotopic (exact) mass is 486 g/mol. The van der Waals surface area contributed by atoms with Crippen LogP contribution in [-0.2, 0) is 31.8 Å². The molecule has 0 atom stereocenters. The zero-order valence-electron chi connectivity index (χ0n) is 18.5. The Morgan fingerprint density at radius 3 is 2.62 bits per heavy atom. The van der Waals surface area contributed by atoms with Crippen LogP contribution in [0.3, 0.4) is 0 Å². The molecule has 0 unspecified atom stereocenters. The highest BCUT2D eigenvalue weighted by Gasteiger charge is 2.20. The Hall–Kier alpha value is -4.06. The smallest absolute Gasteiger partial charge is 0.272 e. The van der Waals surface area contributed by atoms with Crippen LogP contribution in [0.4, 0.5) is 5.69 Å². The molecule has 7 N–H and O–H groups in total. The number of pyridine rings is 1. The Labute approximate surface area is 196 Å². The molecule has 0 spiro atoms. The van der Waals surface area contributed by atoms with Crippen molar-refractivity contribution in [3.05, 3.63) is 75.7 Å². The maximum absolute atomic E-state index is 13.0. The molecule has 2 aromatic carbocycles. The Balaban J connectivity index is 1.76. The number of aromatic amines is 1. The summed E-state index contributed by atoms with van der Waals surface area (Å²) in [4.78, 5) is 32.3. The number of carbonyl (C=O) groups is 1. The summed E-state index contributed by atoms with van der Waals surface area (Å²) in [5.41, 5.74) is 10.8. The molecule has 0 saturated carbocycles. The van der Waals surface area contributed by atoms with E-state index in [2.05, 4.69) is 20.2 Å². The number of oxime groups is 1. The first-order valence-corrected chi connectivity index (χ1v) is 12.0. The van der Waals surface area contributed by atoms with Gasteiger partial charge < -0.3 is 26.6 Å². The van der Waals surface area contributed by atoms with Crippen LogP contribution in [0.1, 0.15) is 16.8 Å². The maximum atomic E-state index is 13.0. The first kappa shape index (κ1) is 24.6. The molecule has 34 heavy (non-hydrogen) atoms. The fourth-order valence-electron chi connectivity index (χ4n) is 3.41. The molecule has 12 heteroatoms. The van der Waals surface area contributed by atoms with Crippen LogP contribution >= 0.6 is 0 Å². The van der Waals surface area contributed by atoms with Gasteiger partial charge in [0.05, 0.1) is 18.7 Å². The van der Waals surface area contributed by atoms with Crippen LogP contribution in [0.15, 0.2) is 58.5 Å². The van der Waals surface area contributed by atoms with Gasteiger partial charge in [0, 0.05) is 5.69 Å². The summed E-state index contributed by atoms with van der Waals surface area (Å²) in [6.45, 7) is 1.78. The standard InChI is InChI=1S/C22H26N6O5S/c1-14-11-17(12-19(29)25-9-10-33-27-22(23)24)20(21(30)26-14)28-34(31,32)13-16-7-4-6-15-5-2-3-8-18(15)16/h2-8,11,28H,9-10,12-13H2,1H3,(H,25,29)(H,26,30)(H4,23,24,27). The summed E-state index contributed by atoms with van der Waals surface area (Å²) in [6.07, 6.45) is -0.223. The topological polar surface area (TPSA) is 182 Å². The van der Waals surface area contributed by atoms with Gasteiger partial charge in [0.2, 0.25) is 21.9 Å². The molecule has 3 aromatic rings. The lowest BCUT2D eigenvalue weighted by molar-refractivity contribution is -0.120. The number of amides is 1. The van der Waals surface area contributed by atoms with E-state index in [4.69, 9.17) is 16.3 Å². The van der Waals surface area contributed by atoms with Crippen molar-refractivity contribution in [3.63, 3.8) is 0 Å². The van der Waals surface area contributed by atoms with E-state index in [1.807, 2.05) is 30.3 Å². The van der Waals surface area contributed by atoms with Crippen molar-refractivity contribution in [2.75, 3.05) is 17.9 Å². The fourth-order valence-corrected chi connectivity index (χ4v) is 4.68. The number of H-pyrrole nitrogens is 1. The van der Waals surface area contributed by atoms with E-state index in [0.29, 0.717) is 11.3 Å². The minimum Gasteiger partial charge on any atom is -0.391 e. The van der Waals surface area contributed by atoms with E-state index in [0.717, 1.165) is 10.8 Å². The molecule has 0 aliphatic carbocycles. The first-order chi connectivity index (χ1) is 16.1. The van der Waals surface area contributed by atoms with Gasteiger partial charge in [-0.25, -0.2) is 8.42 Å². The molecule has 180 valence electrons. The van der Waals surface area contributed by atoms with E-state index >= 15 is 0 Å². The number of guanidine groups is 1. The van der Waals surface area contributed by atoms with E-state index < -0.39 is 21.5 Å². The predicted octanol–water partition coefficient (Wildman–Crippen LogP) is 0.642. The average molecular weight is 487 g/mol. The second-order valence-corrected chi connectivity index (χ2v) is 9.28. The van der Waals surface area contributed by atoms with Crippen molar-refractivity contribution < 1.29 is 18.0 Å². The van der Waals surface area contributed by atoms with Gasteiger partial charge >= 0.3 is 0 Å². The largest absolute Gasteiger partial charge is 0.391 e. The van der Waals surface area contributed by atoms with E-state index in [1.54, 1.807) is 25.1 Å². The SMILES string of the molecule is Cc1cc(CC(=O)NCCON=C(N)N)c(NS(=O)(=O)Cc2cccc3ccccc23)c(=O)[nH]1. The summed E-state index contributed by atoms with van der Waals surface area (Å²) >= 11 is 0. The highest BCUT2D eigenvalue weighted by Crippen LogP contribution is 2.22. The van der Waals surface area contributed by atoms with E-state index in [9.17, 15) is 18.0 Å². The van der Waals surface area contributed by atoms with Gasteiger partial charge in [-0.1, -0.05) is 42.5 Å². The number of carbonyl (C=O) groups excluding carboxylic acids is 1. The Morgan fingerprint density at radius 2 is 1.85 bits per heavy atom. The molecule has 0 saturated heterocycles. The number of fused-ring (bicyclic) bond motifs is 1. The molecule has 0 radical (unpaired) electrons. The van der Waals surface area contributed by atoms with Crippen LogP contribution in [0.2, 0.25) is 0 Å². The third kappa shape index (κ3) is 6.72.